The van der Waals surface area contributed by atoms with Gasteiger partial charge in [-0.3, -0.25) is 9.59 Å². The topological polar surface area (TPSA) is 144 Å². The minimum absolute atomic E-state index is 0. The highest BCUT2D eigenvalue weighted by atomic mass is 32.2. The Kier molecular flexibility index (Phi) is 10.6. The fraction of sp³-hybridized carbons (Fsp3) is 0.375. The largest absolute Gasteiger partial charge is 0.454 e. The number of thiazole rings is 1. The number of carbonyl (C=O) groups excluding carboxylic acids is 1. The summed E-state index contributed by atoms with van der Waals surface area (Å²) in [6.45, 7) is 2.91. The maximum absolute atomic E-state index is 13.4. The van der Waals surface area contributed by atoms with Crippen molar-refractivity contribution in [1.82, 2.24) is 33.3 Å². The van der Waals surface area contributed by atoms with E-state index in [1.165, 1.54) is 28.8 Å². The van der Waals surface area contributed by atoms with Crippen molar-refractivity contribution in [3.05, 3.63) is 87.2 Å². The highest BCUT2D eigenvalue weighted by Crippen LogP contribution is 2.33. The molecule has 0 bridgehead atoms. The highest BCUT2D eigenvalue weighted by molar-refractivity contribution is 7.86. The zero-order valence-corrected chi connectivity index (χ0v) is 28.2. The molecule has 1 aliphatic heterocycles. The Morgan fingerprint density at radius 1 is 1.04 bits per heavy atom. The summed E-state index contributed by atoms with van der Waals surface area (Å²) in [7, 11) is -0.549. The van der Waals surface area contributed by atoms with Crippen LogP contribution >= 0.6 is 11.3 Å². The molecule has 1 saturated heterocycles. The van der Waals surface area contributed by atoms with Gasteiger partial charge in [0.1, 0.15) is 10.8 Å². The molecule has 1 atom stereocenters. The summed E-state index contributed by atoms with van der Waals surface area (Å²) in [5.41, 5.74) is -0.830. The molecular weight excluding hydrogens is 698 g/mol. The van der Waals surface area contributed by atoms with Crippen LogP contribution in [0.25, 0.3) is 21.0 Å². The number of piperazine rings is 1. The lowest BCUT2D eigenvalue weighted by Gasteiger charge is -2.35. The van der Waals surface area contributed by atoms with Crippen molar-refractivity contribution < 1.29 is 31.1 Å². The summed E-state index contributed by atoms with van der Waals surface area (Å²) < 4.78 is 74.5. The third-order valence-electron chi connectivity index (χ3n) is 7.98. The number of rotatable bonds is 9. The number of carbonyl (C=O) groups is 1. The molecule has 3 aromatic heterocycles. The van der Waals surface area contributed by atoms with E-state index in [2.05, 4.69) is 20.1 Å². The van der Waals surface area contributed by atoms with E-state index >= 15 is 0 Å². The number of fused-ring (bicyclic) bond motifs is 2. The molecule has 0 aliphatic carbocycles. The van der Waals surface area contributed by atoms with Gasteiger partial charge in [0.2, 0.25) is 0 Å². The van der Waals surface area contributed by atoms with Crippen LogP contribution < -0.4 is 10.5 Å². The Balaban J connectivity index is 0.00000486. The second kappa shape index (κ2) is 14.4. The number of halogens is 3. The van der Waals surface area contributed by atoms with Gasteiger partial charge in [0, 0.05) is 51.9 Å². The van der Waals surface area contributed by atoms with Gasteiger partial charge in [-0.1, -0.05) is 25.6 Å². The Morgan fingerprint density at radius 3 is 2.42 bits per heavy atom. The van der Waals surface area contributed by atoms with Crippen LogP contribution in [0.4, 0.5) is 19.0 Å². The van der Waals surface area contributed by atoms with Gasteiger partial charge in [0.05, 0.1) is 39.8 Å². The SMILES string of the molecule is C.CC(OC(=O)Cc1nn(Cc2nc3cc(C(F)(F)F)ccc3s2)c(=O)c2ccccc12)c1nccc(N2CCN(S(=O)(=O)N(C)C)CC2)n1. The molecule has 0 spiro atoms. The van der Waals surface area contributed by atoms with E-state index in [0.29, 0.717) is 39.4 Å². The number of esters is 1. The zero-order valence-electron chi connectivity index (χ0n) is 26.6. The zero-order chi connectivity index (χ0) is 35.1. The van der Waals surface area contributed by atoms with Crippen LogP contribution in [-0.4, -0.2) is 88.0 Å². The summed E-state index contributed by atoms with van der Waals surface area (Å²) >= 11 is 1.15. The summed E-state index contributed by atoms with van der Waals surface area (Å²) in [6.07, 6.45) is -4.10. The first-order chi connectivity index (χ1) is 23.2. The molecule has 18 heteroatoms. The third-order valence-corrected chi connectivity index (χ3v) is 10.9. The van der Waals surface area contributed by atoms with Crippen LogP contribution in [0.2, 0.25) is 0 Å². The molecule has 50 heavy (non-hydrogen) atoms. The maximum atomic E-state index is 13.4. The number of nitrogens with zero attached hydrogens (tertiary/aromatic N) is 8. The van der Waals surface area contributed by atoms with E-state index < -0.39 is 39.6 Å². The Labute approximate surface area is 290 Å². The molecule has 13 nitrogen and oxygen atoms in total. The predicted molar refractivity (Wildman–Crippen MR) is 183 cm³/mol. The lowest BCUT2D eigenvalue weighted by molar-refractivity contribution is -0.148. The predicted octanol–water partition coefficient (Wildman–Crippen LogP) is 4.27. The van der Waals surface area contributed by atoms with Crippen LogP contribution in [0.1, 0.15) is 42.5 Å². The number of aromatic nitrogens is 5. The quantitative estimate of drug-likeness (QED) is 0.202. The van der Waals surface area contributed by atoms with Gasteiger partial charge < -0.3 is 9.64 Å². The first-order valence-corrected chi connectivity index (χ1v) is 17.3. The summed E-state index contributed by atoms with van der Waals surface area (Å²) in [5, 5.41) is 5.60. The van der Waals surface area contributed by atoms with Crippen molar-refractivity contribution >= 4 is 54.3 Å². The Bertz CT molecular complexity index is 2200. The minimum Gasteiger partial charge on any atom is -0.454 e. The minimum atomic E-state index is -4.51. The lowest BCUT2D eigenvalue weighted by Crippen LogP contribution is -2.51. The normalized spacial score (nSPS) is 15.0. The highest BCUT2D eigenvalue weighted by Gasteiger charge is 2.31. The van der Waals surface area contributed by atoms with Gasteiger partial charge in [-0.15, -0.1) is 11.3 Å². The van der Waals surface area contributed by atoms with Gasteiger partial charge in [0.15, 0.2) is 11.9 Å². The molecule has 0 amide bonds. The van der Waals surface area contributed by atoms with Crippen molar-refractivity contribution in [2.45, 2.75) is 39.6 Å². The van der Waals surface area contributed by atoms with Crippen LogP contribution in [0.15, 0.2) is 59.5 Å². The van der Waals surface area contributed by atoms with E-state index in [4.69, 9.17) is 4.74 Å². The van der Waals surface area contributed by atoms with E-state index in [1.807, 2.05) is 4.90 Å². The molecule has 4 heterocycles. The van der Waals surface area contributed by atoms with Gasteiger partial charge in [0.25, 0.3) is 15.8 Å². The van der Waals surface area contributed by atoms with E-state index in [1.54, 1.807) is 43.5 Å². The maximum Gasteiger partial charge on any atom is 0.416 e. The Morgan fingerprint density at radius 2 is 1.74 bits per heavy atom. The molecule has 2 aromatic carbocycles. The van der Waals surface area contributed by atoms with Gasteiger partial charge in [-0.25, -0.2) is 19.6 Å². The standard InChI is InChI=1S/C31H31F3N8O5S2.CH4/c1-19(29-35-11-10-26(37-29)40-12-14-41(15-13-40)49(45,46)39(2)3)47-28(43)17-23-21-6-4-5-7-22(21)30(44)42(38-23)18-27-36-24-16-20(31(32,33)34)8-9-25(24)48-27;/h4-11,16,19H,12-15,17-18H2,1-3H3;1H4. The second-order valence-corrected chi connectivity index (χ2v) is 14.8. The molecule has 6 rings (SSSR count). The molecular formula is C32H35F3N8O5S2. The number of hydrogen-bond donors (Lipinski definition) is 0. The lowest BCUT2D eigenvalue weighted by atomic mass is 10.1. The molecule has 1 fully saturated rings. The Hall–Kier alpha value is -4.52. The molecule has 1 aliphatic rings. The molecule has 0 saturated carbocycles. The van der Waals surface area contributed by atoms with Crippen molar-refractivity contribution in [2.75, 3.05) is 45.2 Å². The molecule has 1 unspecified atom stereocenters. The molecule has 0 N–H and O–H groups in total. The van der Waals surface area contributed by atoms with Crippen LogP contribution in [0, 0.1) is 0 Å². The van der Waals surface area contributed by atoms with Crippen molar-refractivity contribution in [3.63, 3.8) is 0 Å². The van der Waals surface area contributed by atoms with Crippen LogP contribution in [0.5, 0.6) is 0 Å². The van der Waals surface area contributed by atoms with Crippen LogP contribution in [0.3, 0.4) is 0 Å². The summed E-state index contributed by atoms with van der Waals surface area (Å²) in [6, 6.07) is 11.7. The van der Waals surface area contributed by atoms with Gasteiger partial charge in [-0.2, -0.15) is 35.3 Å². The molecule has 266 valence electrons. The second-order valence-electron chi connectivity index (χ2n) is 11.5. The van der Waals surface area contributed by atoms with E-state index in [0.717, 1.165) is 28.2 Å². The average Bonchev–Trinajstić information content (AvgIpc) is 3.48. The fourth-order valence-corrected chi connectivity index (χ4v) is 7.45. The molecule has 5 aromatic rings. The number of alkyl halides is 3. The number of anilines is 1. The monoisotopic (exact) mass is 732 g/mol. The summed E-state index contributed by atoms with van der Waals surface area (Å²) in [4.78, 5) is 41.6. The average molecular weight is 733 g/mol. The number of ether oxygens (including phenoxy) is 1. The van der Waals surface area contributed by atoms with Crippen molar-refractivity contribution in [1.29, 1.82) is 0 Å². The van der Waals surface area contributed by atoms with E-state index in [-0.39, 0.29) is 50.5 Å². The van der Waals surface area contributed by atoms with E-state index in [9.17, 15) is 31.2 Å². The number of benzene rings is 2. The van der Waals surface area contributed by atoms with Gasteiger partial charge in [-0.05, 0) is 37.3 Å². The first-order valence-electron chi connectivity index (χ1n) is 15.1. The van der Waals surface area contributed by atoms with Crippen LogP contribution in [-0.2, 0) is 38.9 Å². The number of hydrogen-bond acceptors (Lipinski definition) is 11. The third kappa shape index (κ3) is 7.62. The smallest absolute Gasteiger partial charge is 0.416 e. The van der Waals surface area contributed by atoms with Crippen molar-refractivity contribution in [3.8, 4) is 0 Å². The van der Waals surface area contributed by atoms with Crippen molar-refractivity contribution in [2.24, 2.45) is 0 Å². The first kappa shape index (κ1) is 36.8. The van der Waals surface area contributed by atoms with Gasteiger partial charge >= 0.3 is 12.1 Å². The molecule has 0 radical (unpaired) electrons. The fourth-order valence-electron chi connectivity index (χ4n) is 5.43. The summed E-state index contributed by atoms with van der Waals surface area (Å²) in [5.74, 6) is 0.173.